The van der Waals surface area contributed by atoms with Crippen LogP contribution in [0.1, 0.15) is 53.9 Å². The maximum atomic E-state index is 11.7. The van der Waals surface area contributed by atoms with E-state index in [1.54, 1.807) is 0 Å². The average molecular weight is 283 g/mol. The standard InChI is InChI=1S/C16H33N3O/c1-12(2)18-16(5,15(17)20)7-6-8-19-10-13(3)9-14(4)11-19/h12-14,18H,6-11H2,1-5H3,(H2,17,20). The summed E-state index contributed by atoms with van der Waals surface area (Å²) in [5, 5.41) is 3.32. The minimum absolute atomic E-state index is 0.244. The highest BCUT2D eigenvalue weighted by Crippen LogP contribution is 2.22. The molecule has 3 atom stereocenters. The van der Waals surface area contributed by atoms with E-state index in [0.29, 0.717) is 0 Å². The first-order chi connectivity index (χ1) is 9.23. The summed E-state index contributed by atoms with van der Waals surface area (Å²) in [6, 6.07) is 0.266. The Morgan fingerprint density at radius 3 is 2.35 bits per heavy atom. The predicted molar refractivity (Wildman–Crippen MR) is 84.5 cm³/mol. The molecule has 0 aromatic rings. The van der Waals surface area contributed by atoms with E-state index in [1.165, 1.54) is 19.5 Å². The zero-order valence-electron chi connectivity index (χ0n) is 13.9. The summed E-state index contributed by atoms with van der Waals surface area (Å²) in [4.78, 5) is 14.2. The molecular formula is C16H33N3O. The van der Waals surface area contributed by atoms with Gasteiger partial charge < -0.3 is 16.0 Å². The third-order valence-corrected chi connectivity index (χ3v) is 4.25. The van der Waals surface area contributed by atoms with E-state index in [4.69, 9.17) is 5.73 Å². The van der Waals surface area contributed by atoms with Crippen molar-refractivity contribution in [2.75, 3.05) is 19.6 Å². The van der Waals surface area contributed by atoms with Crippen LogP contribution in [0.4, 0.5) is 0 Å². The van der Waals surface area contributed by atoms with E-state index >= 15 is 0 Å². The molecule has 118 valence electrons. The number of hydrogen-bond donors (Lipinski definition) is 2. The molecule has 0 radical (unpaired) electrons. The molecule has 3 N–H and O–H groups in total. The summed E-state index contributed by atoms with van der Waals surface area (Å²) in [5.74, 6) is 1.33. The largest absolute Gasteiger partial charge is 0.368 e. The molecule has 4 nitrogen and oxygen atoms in total. The second-order valence-electron chi connectivity index (χ2n) is 7.30. The van der Waals surface area contributed by atoms with Crippen molar-refractivity contribution < 1.29 is 4.79 Å². The highest BCUT2D eigenvalue weighted by molar-refractivity contribution is 5.84. The van der Waals surface area contributed by atoms with Crippen LogP contribution in [0.15, 0.2) is 0 Å². The Balaban J connectivity index is 2.42. The predicted octanol–water partition coefficient (Wildman–Crippen LogP) is 1.99. The van der Waals surface area contributed by atoms with Crippen molar-refractivity contribution in [3.05, 3.63) is 0 Å². The highest BCUT2D eigenvalue weighted by Gasteiger charge is 2.31. The van der Waals surface area contributed by atoms with E-state index < -0.39 is 5.54 Å². The fourth-order valence-electron chi connectivity index (χ4n) is 3.53. The maximum Gasteiger partial charge on any atom is 0.237 e. The number of primary amides is 1. The van der Waals surface area contributed by atoms with Gasteiger partial charge in [0.1, 0.15) is 0 Å². The van der Waals surface area contributed by atoms with Crippen LogP contribution in [0.2, 0.25) is 0 Å². The van der Waals surface area contributed by atoms with Crippen LogP contribution in [-0.4, -0.2) is 42.0 Å². The number of nitrogens with zero attached hydrogens (tertiary/aromatic N) is 1. The molecule has 4 heteroatoms. The fraction of sp³-hybridized carbons (Fsp3) is 0.938. The van der Waals surface area contributed by atoms with Gasteiger partial charge in [0.25, 0.3) is 0 Å². The van der Waals surface area contributed by atoms with Crippen LogP contribution in [0, 0.1) is 11.8 Å². The minimum atomic E-state index is -0.582. The van der Waals surface area contributed by atoms with E-state index in [9.17, 15) is 4.79 Å². The molecule has 0 aliphatic carbocycles. The van der Waals surface area contributed by atoms with Gasteiger partial charge in [-0.3, -0.25) is 4.79 Å². The number of carbonyl (C=O) groups excluding carboxylic acids is 1. The third-order valence-electron chi connectivity index (χ3n) is 4.25. The molecule has 1 fully saturated rings. The fourth-order valence-corrected chi connectivity index (χ4v) is 3.53. The van der Waals surface area contributed by atoms with Crippen molar-refractivity contribution in [3.63, 3.8) is 0 Å². The van der Waals surface area contributed by atoms with Gasteiger partial charge in [-0.25, -0.2) is 0 Å². The van der Waals surface area contributed by atoms with Gasteiger partial charge in [-0.05, 0) is 58.4 Å². The van der Waals surface area contributed by atoms with Crippen LogP contribution in [0.3, 0.4) is 0 Å². The van der Waals surface area contributed by atoms with E-state index in [0.717, 1.165) is 31.2 Å². The van der Waals surface area contributed by atoms with Gasteiger partial charge in [0.05, 0.1) is 5.54 Å². The number of piperidine rings is 1. The Kier molecular flexibility index (Phi) is 6.46. The zero-order valence-corrected chi connectivity index (χ0v) is 13.9. The van der Waals surface area contributed by atoms with Crippen molar-refractivity contribution in [3.8, 4) is 0 Å². The first kappa shape index (κ1) is 17.4. The number of nitrogens with two attached hydrogens (primary N) is 1. The SMILES string of the molecule is CC1CC(C)CN(CCCC(C)(NC(C)C)C(N)=O)C1. The Hall–Kier alpha value is -0.610. The second kappa shape index (κ2) is 7.41. The second-order valence-corrected chi connectivity index (χ2v) is 7.30. The maximum absolute atomic E-state index is 11.7. The molecule has 20 heavy (non-hydrogen) atoms. The molecule has 0 aromatic carbocycles. The van der Waals surface area contributed by atoms with Crippen molar-refractivity contribution in [1.82, 2.24) is 10.2 Å². The highest BCUT2D eigenvalue weighted by atomic mass is 16.1. The summed E-state index contributed by atoms with van der Waals surface area (Å²) < 4.78 is 0. The topological polar surface area (TPSA) is 58.4 Å². The minimum Gasteiger partial charge on any atom is -0.368 e. The lowest BCUT2D eigenvalue weighted by Crippen LogP contribution is -2.55. The Labute approximate surface area is 124 Å². The molecule has 0 spiro atoms. The third kappa shape index (κ3) is 5.41. The van der Waals surface area contributed by atoms with Gasteiger partial charge in [0.2, 0.25) is 5.91 Å². The van der Waals surface area contributed by atoms with E-state index in [2.05, 4.69) is 37.9 Å². The molecule has 1 amide bonds. The monoisotopic (exact) mass is 283 g/mol. The molecular weight excluding hydrogens is 250 g/mol. The molecule has 1 aliphatic heterocycles. The van der Waals surface area contributed by atoms with Crippen LogP contribution in [-0.2, 0) is 4.79 Å². The first-order valence-corrected chi connectivity index (χ1v) is 8.03. The average Bonchev–Trinajstić information content (AvgIpc) is 2.26. The van der Waals surface area contributed by atoms with E-state index in [-0.39, 0.29) is 11.9 Å². The van der Waals surface area contributed by atoms with Gasteiger partial charge in [-0.15, -0.1) is 0 Å². The normalized spacial score (nSPS) is 27.5. The summed E-state index contributed by atoms with van der Waals surface area (Å²) in [6.45, 7) is 14.1. The van der Waals surface area contributed by atoms with Crippen molar-refractivity contribution in [2.45, 2.75) is 65.5 Å². The molecule has 3 unspecified atom stereocenters. The van der Waals surface area contributed by atoms with Crippen molar-refractivity contribution in [2.24, 2.45) is 17.6 Å². The van der Waals surface area contributed by atoms with Gasteiger partial charge in [-0.2, -0.15) is 0 Å². The lowest BCUT2D eigenvalue weighted by Gasteiger charge is -2.36. The number of hydrogen-bond acceptors (Lipinski definition) is 3. The van der Waals surface area contributed by atoms with Gasteiger partial charge >= 0.3 is 0 Å². The van der Waals surface area contributed by atoms with Crippen LogP contribution in [0.5, 0.6) is 0 Å². The number of nitrogens with one attached hydrogen (secondary N) is 1. The summed E-state index contributed by atoms with van der Waals surface area (Å²) in [7, 11) is 0. The zero-order chi connectivity index (χ0) is 15.3. The molecule has 1 aliphatic rings. The summed E-state index contributed by atoms with van der Waals surface area (Å²) >= 11 is 0. The Morgan fingerprint density at radius 1 is 1.35 bits per heavy atom. The molecule has 1 rings (SSSR count). The number of likely N-dealkylation sites (tertiary alicyclic amines) is 1. The van der Waals surface area contributed by atoms with Crippen LogP contribution >= 0.6 is 0 Å². The molecule has 0 bridgehead atoms. The Morgan fingerprint density at radius 2 is 1.90 bits per heavy atom. The van der Waals surface area contributed by atoms with Gasteiger partial charge in [0.15, 0.2) is 0 Å². The van der Waals surface area contributed by atoms with Crippen molar-refractivity contribution in [1.29, 1.82) is 0 Å². The van der Waals surface area contributed by atoms with Crippen molar-refractivity contribution >= 4 is 5.91 Å². The number of carbonyl (C=O) groups is 1. The number of amides is 1. The lowest BCUT2D eigenvalue weighted by molar-refractivity contribution is -0.124. The molecule has 1 saturated heterocycles. The Bertz CT molecular complexity index is 309. The quantitative estimate of drug-likeness (QED) is 0.751. The summed E-state index contributed by atoms with van der Waals surface area (Å²) in [5.41, 5.74) is 4.99. The van der Waals surface area contributed by atoms with Crippen LogP contribution in [0.25, 0.3) is 0 Å². The van der Waals surface area contributed by atoms with Gasteiger partial charge in [0, 0.05) is 19.1 Å². The molecule has 0 aromatic heterocycles. The van der Waals surface area contributed by atoms with Gasteiger partial charge in [-0.1, -0.05) is 13.8 Å². The lowest BCUT2D eigenvalue weighted by atomic mass is 9.90. The number of rotatable bonds is 7. The molecule has 0 saturated carbocycles. The molecule has 1 heterocycles. The summed E-state index contributed by atoms with van der Waals surface area (Å²) in [6.07, 6.45) is 3.16. The van der Waals surface area contributed by atoms with Crippen LogP contribution < -0.4 is 11.1 Å². The van der Waals surface area contributed by atoms with E-state index in [1.807, 2.05) is 6.92 Å². The smallest absolute Gasteiger partial charge is 0.237 e. The first-order valence-electron chi connectivity index (χ1n) is 8.03.